The molecule has 1 aromatic carbocycles. The highest BCUT2D eigenvalue weighted by Crippen LogP contribution is 2.27. The van der Waals surface area contributed by atoms with E-state index < -0.39 is 0 Å². The summed E-state index contributed by atoms with van der Waals surface area (Å²) < 4.78 is 6.24. The van der Waals surface area contributed by atoms with Crippen molar-refractivity contribution in [2.45, 2.75) is 19.3 Å². The minimum absolute atomic E-state index is 0.0328. The molecule has 1 aliphatic rings. The molecular formula is C15H19BrN2O. The monoisotopic (exact) mass is 322 g/mol. The van der Waals surface area contributed by atoms with Crippen molar-refractivity contribution in [2.24, 2.45) is 5.41 Å². The van der Waals surface area contributed by atoms with Crippen LogP contribution in [-0.2, 0) is 10.2 Å². The number of benzene rings is 1. The Morgan fingerprint density at radius 2 is 2.21 bits per heavy atom. The first-order chi connectivity index (χ1) is 8.97. The largest absolute Gasteiger partial charge is 0.378 e. The first kappa shape index (κ1) is 14.5. The van der Waals surface area contributed by atoms with Crippen molar-refractivity contribution < 1.29 is 4.74 Å². The number of halogens is 1. The topological polar surface area (TPSA) is 45.0 Å². The molecule has 0 spiro atoms. The second-order valence-corrected chi connectivity index (χ2v) is 6.80. The van der Waals surface area contributed by atoms with Gasteiger partial charge in [0.1, 0.15) is 5.41 Å². The van der Waals surface area contributed by atoms with Crippen molar-refractivity contribution in [3.63, 3.8) is 0 Å². The van der Waals surface area contributed by atoms with Gasteiger partial charge in [-0.2, -0.15) is 5.26 Å². The highest BCUT2D eigenvalue weighted by atomic mass is 79.9. The molecule has 0 radical (unpaired) electrons. The van der Waals surface area contributed by atoms with E-state index in [1.54, 1.807) is 0 Å². The van der Waals surface area contributed by atoms with E-state index in [-0.39, 0.29) is 10.8 Å². The van der Waals surface area contributed by atoms with Gasteiger partial charge in [0.2, 0.25) is 0 Å². The number of ether oxygens (including phenoxy) is 1. The summed E-state index contributed by atoms with van der Waals surface area (Å²) in [5.74, 6) is 0. The predicted octanol–water partition coefficient (Wildman–Crippen LogP) is 2.86. The van der Waals surface area contributed by atoms with Crippen molar-refractivity contribution in [1.82, 2.24) is 5.32 Å². The highest BCUT2D eigenvalue weighted by Gasteiger charge is 2.38. The van der Waals surface area contributed by atoms with Crippen LogP contribution in [0.1, 0.15) is 19.4 Å². The summed E-state index contributed by atoms with van der Waals surface area (Å²) in [7, 11) is 0. The maximum absolute atomic E-state index is 9.14. The SMILES string of the molecule is CC(C)(CNCC1(C#N)COC1)c1cccc(Br)c1. The molecule has 1 aromatic rings. The first-order valence-corrected chi connectivity index (χ1v) is 7.23. The van der Waals surface area contributed by atoms with Gasteiger partial charge in [0.05, 0.1) is 19.3 Å². The van der Waals surface area contributed by atoms with Crippen molar-refractivity contribution in [3.8, 4) is 6.07 Å². The lowest BCUT2D eigenvalue weighted by molar-refractivity contribution is -0.0756. The molecule has 1 aliphatic heterocycles. The zero-order chi connectivity index (χ0) is 13.9. The summed E-state index contributed by atoms with van der Waals surface area (Å²) in [6, 6.07) is 10.7. The van der Waals surface area contributed by atoms with E-state index in [4.69, 9.17) is 10.00 Å². The highest BCUT2D eigenvalue weighted by molar-refractivity contribution is 9.10. The minimum atomic E-state index is -0.312. The molecule has 0 aromatic heterocycles. The maximum atomic E-state index is 9.14. The molecule has 2 rings (SSSR count). The summed E-state index contributed by atoms with van der Waals surface area (Å²) in [5, 5.41) is 12.6. The fraction of sp³-hybridized carbons (Fsp3) is 0.533. The summed E-state index contributed by atoms with van der Waals surface area (Å²) in [4.78, 5) is 0. The lowest BCUT2D eigenvalue weighted by Gasteiger charge is -2.36. The molecule has 4 heteroatoms. The number of rotatable bonds is 5. The second kappa shape index (κ2) is 5.62. The van der Waals surface area contributed by atoms with Crippen LogP contribution < -0.4 is 5.32 Å². The van der Waals surface area contributed by atoms with Crippen LogP contribution >= 0.6 is 15.9 Å². The molecule has 19 heavy (non-hydrogen) atoms. The molecule has 0 saturated carbocycles. The molecule has 1 saturated heterocycles. The van der Waals surface area contributed by atoms with Crippen LogP contribution in [0, 0.1) is 16.7 Å². The van der Waals surface area contributed by atoms with E-state index in [0.717, 1.165) is 11.0 Å². The van der Waals surface area contributed by atoms with E-state index in [9.17, 15) is 0 Å². The number of nitrogens with zero attached hydrogens (tertiary/aromatic N) is 1. The lowest BCUT2D eigenvalue weighted by atomic mass is 9.83. The normalized spacial score (nSPS) is 17.6. The van der Waals surface area contributed by atoms with Crippen LogP contribution in [0.2, 0.25) is 0 Å². The third-order valence-electron chi connectivity index (χ3n) is 3.63. The van der Waals surface area contributed by atoms with E-state index in [1.165, 1.54) is 5.56 Å². The fourth-order valence-corrected chi connectivity index (χ4v) is 2.58. The van der Waals surface area contributed by atoms with Crippen LogP contribution in [-0.4, -0.2) is 26.3 Å². The van der Waals surface area contributed by atoms with Gasteiger partial charge in [0.25, 0.3) is 0 Å². The van der Waals surface area contributed by atoms with Crippen molar-refractivity contribution in [2.75, 3.05) is 26.3 Å². The molecular weight excluding hydrogens is 304 g/mol. The van der Waals surface area contributed by atoms with Crippen LogP contribution in [0.4, 0.5) is 0 Å². The summed E-state index contributed by atoms with van der Waals surface area (Å²) in [6.45, 7) is 7.05. The fourth-order valence-electron chi connectivity index (χ4n) is 2.18. The van der Waals surface area contributed by atoms with Gasteiger partial charge >= 0.3 is 0 Å². The molecule has 0 unspecified atom stereocenters. The molecule has 0 atom stereocenters. The third-order valence-corrected chi connectivity index (χ3v) is 4.12. The Bertz CT molecular complexity index is 489. The zero-order valence-corrected chi connectivity index (χ0v) is 13.0. The van der Waals surface area contributed by atoms with Gasteiger partial charge in [-0.15, -0.1) is 0 Å². The molecule has 1 fully saturated rings. The lowest BCUT2D eigenvalue weighted by Crippen LogP contribution is -2.50. The zero-order valence-electron chi connectivity index (χ0n) is 11.4. The minimum Gasteiger partial charge on any atom is -0.378 e. The van der Waals surface area contributed by atoms with Crippen molar-refractivity contribution in [1.29, 1.82) is 5.26 Å². The van der Waals surface area contributed by atoms with Crippen molar-refractivity contribution >= 4 is 15.9 Å². The number of nitrogens with one attached hydrogen (secondary N) is 1. The number of hydrogen-bond acceptors (Lipinski definition) is 3. The quantitative estimate of drug-likeness (QED) is 0.906. The molecule has 1 N–H and O–H groups in total. The van der Waals surface area contributed by atoms with Gasteiger partial charge in [0, 0.05) is 23.0 Å². The Labute approximate surface area is 123 Å². The molecule has 102 valence electrons. The molecule has 1 heterocycles. The van der Waals surface area contributed by atoms with Crippen LogP contribution in [0.3, 0.4) is 0 Å². The Kier molecular flexibility index (Phi) is 4.29. The average Bonchev–Trinajstić information content (AvgIpc) is 2.32. The molecule has 0 aliphatic carbocycles. The van der Waals surface area contributed by atoms with Crippen LogP contribution in [0.15, 0.2) is 28.7 Å². The smallest absolute Gasteiger partial charge is 0.116 e. The molecule has 0 amide bonds. The average molecular weight is 323 g/mol. The first-order valence-electron chi connectivity index (χ1n) is 6.43. The van der Waals surface area contributed by atoms with Crippen LogP contribution in [0.25, 0.3) is 0 Å². The van der Waals surface area contributed by atoms with Gasteiger partial charge in [-0.25, -0.2) is 0 Å². The van der Waals surface area contributed by atoms with E-state index >= 15 is 0 Å². The standard InChI is InChI=1S/C15H19BrN2O/c1-14(2,12-4-3-5-13(16)6-12)8-18-9-15(7-17)10-19-11-15/h3-6,18H,8-11H2,1-2H3. The third kappa shape index (κ3) is 3.36. The summed E-state index contributed by atoms with van der Waals surface area (Å²) >= 11 is 3.51. The van der Waals surface area contributed by atoms with Gasteiger partial charge in [-0.05, 0) is 17.7 Å². The molecule has 0 bridgehead atoms. The molecule has 3 nitrogen and oxygen atoms in total. The van der Waals surface area contributed by atoms with Gasteiger partial charge in [-0.3, -0.25) is 0 Å². The number of hydrogen-bond donors (Lipinski definition) is 1. The van der Waals surface area contributed by atoms with Crippen molar-refractivity contribution in [3.05, 3.63) is 34.3 Å². The number of nitriles is 1. The van der Waals surface area contributed by atoms with Gasteiger partial charge in [-0.1, -0.05) is 41.9 Å². The Morgan fingerprint density at radius 3 is 2.74 bits per heavy atom. The van der Waals surface area contributed by atoms with Gasteiger partial charge in [0.15, 0.2) is 0 Å². The Balaban J connectivity index is 1.93. The van der Waals surface area contributed by atoms with Crippen LogP contribution in [0.5, 0.6) is 0 Å². The summed E-state index contributed by atoms with van der Waals surface area (Å²) in [5.41, 5.74) is 1.00. The Hall–Kier alpha value is -0.890. The maximum Gasteiger partial charge on any atom is 0.116 e. The second-order valence-electron chi connectivity index (χ2n) is 5.88. The van der Waals surface area contributed by atoms with E-state index in [0.29, 0.717) is 19.8 Å². The van der Waals surface area contributed by atoms with Gasteiger partial charge < -0.3 is 10.1 Å². The van der Waals surface area contributed by atoms with E-state index in [2.05, 4.69) is 59.4 Å². The predicted molar refractivity (Wildman–Crippen MR) is 78.9 cm³/mol. The summed E-state index contributed by atoms with van der Waals surface area (Å²) in [6.07, 6.45) is 0. The van der Waals surface area contributed by atoms with E-state index in [1.807, 2.05) is 6.07 Å². The Morgan fingerprint density at radius 1 is 1.47 bits per heavy atom.